The number of fused-ring (bicyclic) bond motifs is 3. The van der Waals surface area contributed by atoms with Crippen molar-refractivity contribution in [1.82, 2.24) is 4.90 Å². The number of ketones is 1. The standard InChI is InChI=1S/C22H25N3O6/c1-12(2)24-20(29)15-7-5-6-8-16(15)25-18(28)9-10-22(24,25)21(30)31-11-17(27)19(13(3)23)14(4)26/h5-8,12,23,27H,9-11H2,1-4H3/b19-17-,23-13?. The third-order valence-corrected chi connectivity index (χ3v) is 5.50. The lowest BCUT2D eigenvalue weighted by Crippen LogP contribution is -2.70. The van der Waals surface area contributed by atoms with Gasteiger partial charge in [0.25, 0.3) is 5.91 Å². The van der Waals surface area contributed by atoms with Gasteiger partial charge in [0.1, 0.15) is 12.4 Å². The highest BCUT2D eigenvalue weighted by atomic mass is 16.5. The number of para-hydroxylation sites is 1. The summed E-state index contributed by atoms with van der Waals surface area (Å²) in [6.45, 7) is 5.35. The Balaban J connectivity index is 2.06. The van der Waals surface area contributed by atoms with Crippen LogP contribution in [0, 0.1) is 5.41 Å². The predicted octanol–water partition coefficient (Wildman–Crippen LogP) is 2.36. The van der Waals surface area contributed by atoms with Crippen LogP contribution in [-0.2, 0) is 19.1 Å². The fraction of sp³-hybridized carbons (Fsp3) is 0.409. The van der Waals surface area contributed by atoms with Gasteiger partial charge in [-0.1, -0.05) is 12.1 Å². The molecule has 9 heteroatoms. The minimum atomic E-state index is -1.69. The van der Waals surface area contributed by atoms with Gasteiger partial charge in [0.15, 0.2) is 5.78 Å². The quantitative estimate of drug-likeness (QED) is 0.310. The van der Waals surface area contributed by atoms with Gasteiger partial charge in [-0.3, -0.25) is 19.3 Å². The summed E-state index contributed by atoms with van der Waals surface area (Å²) in [5.41, 5.74) is -1.44. The molecule has 0 spiro atoms. The number of esters is 1. The molecule has 0 radical (unpaired) electrons. The number of aliphatic hydroxyl groups excluding tert-OH is 1. The number of ether oxygens (including phenoxy) is 1. The Bertz CT molecular complexity index is 1010. The van der Waals surface area contributed by atoms with E-state index in [2.05, 4.69) is 0 Å². The second-order valence-electron chi connectivity index (χ2n) is 7.91. The molecular formula is C22H25N3O6. The van der Waals surface area contributed by atoms with Crippen molar-refractivity contribution in [3.05, 3.63) is 41.2 Å². The first-order valence-corrected chi connectivity index (χ1v) is 9.95. The zero-order valence-electron chi connectivity index (χ0n) is 17.9. The van der Waals surface area contributed by atoms with E-state index in [1.165, 1.54) is 23.6 Å². The van der Waals surface area contributed by atoms with E-state index in [4.69, 9.17) is 10.1 Å². The van der Waals surface area contributed by atoms with Crippen LogP contribution in [0.2, 0.25) is 0 Å². The van der Waals surface area contributed by atoms with Gasteiger partial charge in [0.05, 0.1) is 16.8 Å². The van der Waals surface area contributed by atoms with Crippen molar-refractivity contribution >= 4 is 35.0 Å². The first-order valence-electron chi connectivity index (χ1n) is 9.95. The third kappa shape index (κ3) is 3.39. The normalized spacial score (nSPS) is 20.9. The van der Waals surface area contributed by atoms with Crippen molar-refractivity contribution in [3.63, 3.8) is 0 Å². The zero-order valence-corrected chi connectivity index (χ0v) is 17.9. The Kier molecular flexibility index (Phi) is 5.71. The van der Waals surface area contributed by atoms with Gasteiger partial charge in [-0.25, -0.2) is 4.79 Å². The number of carbonyl (C=O) groups is 4. The molecule has 0 aromatic heterocycles. The summed E-state index contributed by atoms with van der Waals surface area (Å²) >= 11 is 0. The molecule has 2 aliphatic heterocycles. The average Bonchev–Trinajstić information content (AvgIpc) is 3.03. The molecular weight excluding hydrogens is 402 g/mol. The van der Waals surface area contributed by atoms with Gasteiger partial charge in [-0.05, 0) is 39.8 Å². The SMILES string of the molecule is CC(=N)/C(C(C)=O)=C(/O)COC(=O)C12CCC(=O)N1c1ccccc1C(=O)N2C(C)C. The van der Waals surface area contributed by atoms with E-state index in [1.54, 1.807) is 38.1 Å². The van der Waals surface area contributed by atoms with Gasteiger partial charge >= 0.3 is 5.97 Å². The molecule has 31 heavy (non-hydrogen) atoms. The van der Waals surface area contributed by atoms with E-state index in [9.17, 15) is 24.3 Å². The highest BCUT2D eigenvalue weighted by molar-refractivity contribution is 6.20. The molecule has 2 amide bonds. The zero-order chi connectivity index (χ0) is 23.1. The summed E-state index contributed by atoms with van der Waals surface area (Å²) in [6, 6.07) is 6.16. The van der Waals surface area contributed by atoms with Crippen molar-refractivity contribution in [2.45, 2.75) is 52.2 Å². The number of carbonyl (C=O) groups excluding carboxylic acids is 4. The molecule has 0 bridgehead atoms. The topological polar surface area (TPSA) is 128 Å². The van der Waals surface area contributed by atoms with Crippen molar-refractivity contribution in [1.29, 1.82) is 5.41 Å². The summed E-state index contributed by atoms with van der Waals surface area (Å²) < 4.78 is 5.34. The summed E-state index contributed by atoms with van der Waals surface area (Å²) in [6.07, 6.45) is 0.0800. The predicted molar refractivity (Wildman–Crippen MR) is 112 cm³/mol. The van der Waals surface area contributed by atoms with E-state index in [1.807, 2.05) is 0 Å². The van der Waals surface area contributed by atoms with Crippen LogP contribution in [0.25, 0.3) is 0 Å². The second-order valence-corrected chi connectivity index (χ2v) is 7.91. The molecule has 1 saturated heterocycles. The molecule has 2 heterocycles. The Hall–Kier alpha value is -3.49. The summed E-state index contributed by atoms with van der Waals surface area (Å²) in [4.78, 5) is 53.9. The molecule has 0 aliphatic carbocycles. The molecule has 2 N–H and O–H groups in total. The van der Waals surface area contributed by atoms with Gasteiger partial charge in [-0.15, -0.1) is 0 Å². The number of anilines is 1. The Morgan fingerprint density at radius 3 is 2.45 bits per heavy atom. The molecule has 2 aliphatic rings. The van der Waals surface area contributed by atoms with Crippen LogP contribution in [0.5, 0.6) is 0 Å². The number of hydrogen-bond donors (Lipinski definition) is 2. The van der Waals surface area contributed by atoms with Gasteiger partial charge in [0, 0.05) is 24.6 Å². The monoisotopic (exact) mass is 427 g/mol. The lowest BCUT2D eigenvalue weighted by molar-refractivity contribution is -0.158. The number of aliphatic hydroxyl groups is 1. The minimum absolute atomic E-state index is 0.0383. The summed E-state index contributed by atoms with van der Waals surface area (Å²) in [5.74, 6) is -2.69. The fourth-order valence-corrected chi connectivity index (χ4v) is 4.38. The molecule has 1 atom stereocenters. The van der Waals surface area contributed by atoms with Crippen LogP contribution < -0.4 is 4.90 Å². The molecule has 1 unspecified atom stereocenters. The molecule has 1 fully saturated rings. The smallest absolute Gasteiger partial charge is 0.354 e. The highest BCUT2D eigenvalue weighted by Crippen LogP contribution is 2.46. The Morgan fingerprint density at radius 1 is 1.23 bits per heavy atom. The second kappa shape index (κ2) is 7.98. The fourth-order valence-electron chi connectivity index (χ4n) is 4.38. The first kappa shape index (κ1) is 22.2. The van der Waals surface area contributed by atoms with Gasteiger partial charge in [-0.2, -0.15) is 0 Å². The van der Waals surface area contributed by atoms with Crippen LogP contribution >= 0.6 is 0 Å². The van der Waals surface area contributed by atoms with Crippen LogP contribution in [0.1, 0.15) is 50.9 Å². The van der Waals surface area contributed by atoms with Gasteiger partial charge in [0.2, 0.25) is 11.6 Å². The highest BCUT2D eigenvalue weighted by Gasteiger charge is 2.62. The molecule has 1 aromatic carbocycles. The Labute approximate surface area is 179 Å². The number of nitrogens with zero attached hydrogens (tertiary/aromatic N) is 2. The van der Waals surface area contributed by atoms with Crippen molar-refractivity contribution in [3.8, 4) is 0 Å². The van der Waals surface area contributed by atoms with Crippen LogP contribution in [-0.4, -0.2) is 57.6 Å². The Morgan fingerprint density at radius 2 is 1.87 bits per heavy atom. The van der Waals surface area contributed by atoms with E-state index < -0.39 is 41.7 Å². The van der Waals surface area contributed by atoms with E-state index in [0.717, 1.165) is 0 Å². The van der Waals surface area contributed by atoms with Crippen LogP contribution in [0.3, 0.4) is 0 Å². The molecule has 1 aromatic rings. The summed E-state index contributed by atoms with van der Waals surface area (Å²) in [5, 5.41) is 17.9. The van der Waals surface area contributed by atoms with Crippen molar-refractivity contribution in [2.75, 3.05) is 11.5 Å². The number of amides is 2. The lowest BCUT2D eigenvalue weighted by Gasteiger charge is -2.50. The number of nitrogens with one attached hydrogen (secondary N) is 1. The van der Waals surface area contributed by atoms with Crippen molar-refractivity contribution in [2.24, 2.45) is 0 Å². The molecule has 3 rings (SSSR count). The number of hydrogen-bond acceptors (Lipinski definition) is 7. The number of rotatable bonds is 6. The summed E-state index contributed by atoms with van der Waals surface area (Å²) in [7, 11) is 0. The maximum Gasteiger partial charge on any atom is 0.354 e. The number of Topliss-reactive ketones (excluding diaryl/α,β-unsaturated/α-hetero) is 1. The lowest BCUT2D eigenvalue weighted by atomic mass is 9.95. The maximum atomic E-state index is 13.4. The van der Waals surface area contributed by atoms with Crippen molar-refractivity contribution < 1.29 is 29.0 Å². The third-order valence-electron chi connectivity index (χ3n) is 5.50. The van der Waals surface area contributed by atoms with E-state index in [0.29, 0.717) is 11.3 Å². The first-order chi connectivity index (χ1) is 14.5. The number of allylic oxidation sites excluding steroid dienone is 1. The van der Waals surface area contributed by atoms with Gasteiger partial charge < -0.3 is 20.2 Å². The average molecular weight is 427 g/mol. The van der Waals surface area contributed by atoms with E-state index in [-0.39, 0.29) is 30.0 Å². The largest absolute Gasteiger partial charge is 0.508 e. The number of benzene rings is 1. The van der Waals surface area contributed by atoms with E-state index >= 15 is 0 Å². The minimum Gasteiger partial charge on any atom is -0.508 e. The van der Waals surface area contributed by atoms with Crippen LogP contribution in [0.15, 0.2) is 35.6 Å². The molecule has 0 saturated carbocycles. The maximum absolute atomic E-state index is 13.4. The molecule has 164 valence electrons. The van der Waals surface area contributed by atoms with Crippen LogP contribution in [0.4, 0.5) is 5.69 Å². The molecule has 9 nitrogen and oxygen atoms in total.